The number of ether oxygens (including phenoxy) is 2. The summed E-state index contributed by atoms with van der Waals surface area (Å²) in [6.45, 7) is 7.02. The summed E-state index contributed by atoms with van der Waals surface area (Å²) in [7, 11) is -1.05. The lowest BCUT2D eigenvalue weighted by molar-refractivity contribution is -0.274. The topological polar surface area (TPSA) is 27.7 Å². The van der Waals surface area contributed by atoms with E-state index in [1.54, 1.807) is 0 Å². The van der Waals surface area contributed by atoms with Gasteiger partial charge in [-0.2, -0.15) is 0 Å². The summed E-state index contributed by atoms with van der Waals surface area (Å²) in [6, 6.07) is 11.0. The molecule has 0 radical (unpaired) electrons. The van der Waals surface area contributed by atoms with Gasteiger partial charge in [0.1, 0.15) is 11.6 Å². The smallest absolute Gasteiger partial charge is 0.262 e. The lowest BCUT2D eigenvalue weighted by atomic mass is 10.1. The molecule has 0 aliphatic carbocycles. The van der Waals surface area contributed by atoms with Crippen LogP contribution in [0.5, 0.6) is 0 Å². The summed E-state index contributed by atoms with van der Waals surface area (Å²) in [6.07, 6.45) is 0.00555. The predicted molar refractivity (Wildman–Crippen MR) is 97.3 cm³/mol. The van der Waals surface area contributed by atoms with Gasteiger partial charge in [0.25, 0.3) is 6.48 Å². The number of benzene rings is 2. The van der Waals surface area contributed by atoms with E-state index in [0.29, 0.717) is 5.56 Å². The standard InChI is InChI=1S/C19H24F2O3Si/c1-12(2)22-19(23-13(3)4)24-25-18-7-5-14(6-8-18)15-9-16(20)11-17(21)10-15/h5-13,19H,25H2,1-4H3. The quantitative estimate of drug-likeness (QED) is 0.529. The molecule has 0 unspecified atom stereocenters. The van der Waals surface area contributed by atoms with Crippen molar-refractivity contribution < 1.29 is 22.7 Å². The molecular weight excluding hydrogens is 342 g/mol. The highest BCUT2D eigenvalue weighted by Crippen LogP contribution is 2.20. The molecule has 2 aromatic carbocycles. The van der Waals surface area contributed by atoms with E-state index in [9.17, 15) is 8.78 Å². The molecule has 2 rings (SSSR count). The molecule has 136 valence electrons. The minimum Gasteiger partial charge on any atom is -0.373 e. The Balaban J connectivity index is 2.01. The molecule has 0 aliphatic heterocycles. The van der Waals surface area contributed by atoms with Gasteiger partial charge in [-0.15, -0.1) is 0 Å². The summed E-state index contributed by atoms with van der Waals surface area (Å²) in [5.41, 5.74) is 1.26. The number of hydrogen-bond acceptors (Lipinski definition) is 3. The molecule has 0 saturated carbocycles. The van der Waals surface area contributed by atoms with Crippen molar-refractivity contribution in [3.63, 3.8) is 0 Å². The molecule has 0 atom stereocenters. The maximum absolute atomic E-state index is 13.3. The highest BCUT2D eigenvalue weighted by atomic mass is 28.2. The van der Waals surface area contributed by atoms with Crippen LogP contribution in [-0.4, -0.2) is 28.4 Å². The molecule has 0 amide bonds. The molecule has 2 aromatic rings. The third-order valence-corrected chi connectivity index (χ3v) is 4.55. The zero-order chi connectivity index (χ0) is 18.4. The Kier molecular flexibility index (Phi) is 7.25. The Morgan fingerprint density at radius 1 is 0.760 bits per heavy atom. The van der Waals surface area contributed by atoms with Crippen LogP contribution in [0.3, 0.4) is 0 Å². The van der Waals surface area contributed by atoms with E-state index in [1.165, 1.54) is 12.1 Å². The molecule has 25 heavy (non-hydrogen) atoms. The molecule has 0 aromatic heterocycles. The maximum atomic E-state index is 13.3. The second-order valence-electron chi connectivity index (χ2n) is 6.32. The van der Waals surface area contributed by atoms with Crippen LogP contribution >= 0.6 is 0 Å². The maximum Gasteiger partial charge on any atom is 0.262 e. The van der Waals surface area contributed by atoms with Gasteiger partial charge in [-0.3, -0.25) is 0 Å². The zero-order valence-electron chi connectivity index (χ0n) is 15.0. The fraction of sp³-hybridized carbons (Fsp3) is 0.368. The fourth-order valence-corrected chi connectivity index (χ4v) is 3.15. The summed E-state index contributed by atoms with van der Waals surface area (Å²) < 4.78 is 43.7. The van der Waals surface area contributed by atoms with Crippen molar-refractivity contribution in [2.45, 2.75) is 46.4 Å². The van der Waals surface area contributed by atoms with Crippen LogP contribution in [0.2, 0.25) is 0 Å². The van der Waals surface area contributed by atoms with Crippen LogP contribution in [0.25, 0.3) is 11.1 Å². The monoisotopic (exact) mass is 366 g/mol. The number of hydrogen-bond donors (Lipinski definition) is 0. The third kappa shape index (κ3) is 6.66. The number of halogens is 2. The van der Waals surface area contributed by atoms with Gasteiger partial charge in [-0.05, 0) is 56.1 Å². The first-order valence-corrected chi connectivity index (χ1v) is 9.60. The third-order valence-electron chi connectivity index (χ3n) is 3.30. The Labute approximate surface area is 149 Å². The van der Waals surface area contributed by atoms with E-state index in [4.69, 9.17) is 13.9 Å². The van der Waals surface area contributed by atoms with Gasteiger partial charge in [0, 0.05) is 6.07 Å². The summed E-state index contributed by atoms with van der Waals surface area (Å²) in [4.78, 5) is 0. The van der Waals surface area contributed by atoms with E-state index in [2.05, 4.69) is 0 Å². The van der Waals surface area contributed by atoms with E-state index in [0.717, 1.165) is 16.8 Å². The van der Waals surface area contributed by atoms with Crippen molar-refractivity contribution in [1.29, 1.82) is 0 Å². The lowest BCUT2D eigenvalue weighted by Crippen LogP contribution is -2.32. The first-order chi connectivity index (χ1) is 11.8. The van der Waals surface area contributed by atoms with Crippen LogP contribution in [0.4, 0.5) is 8.78 Å². The predicted octanol–water partition coefficient (Wildman–Crippen LogP) is 3.49. The van der Waals surface area contributed by atoms with Crippen LogP contribution in [0.1, 0.15) is 27.7 Å². The van der Waals surface area contributed by atoms with Crippen molar-refractivity contribution in [3.8, 4) is 11.1 Å². The second-order valence-corrected chi connectivity index (χ2v) is 7.76. The summed E-state index contributed by atoms with van der Waals surface area (Å²) in [5.74, 6) is -1.17. The molecule has 0 saturated heterocycles. The van der Waals surface area contributed by atoms with E-state index in [-0.39, 0.29) is 12.2 Å². The Morgan fingerprint density at radius 3 is 1.76 bits per heavy atom. The molecule has 0 heterocycles. The highest BCUT2D eigenvalue weighted by molar-refractivity contribution is 6.46. The molecular formula is C19H24F2O3Si. The number of rotatable bonds is 8. The van der Waals surface area contributed by atoms with Gasteiger partial charge in [-0.25, -0.2) is 8.78 Å². The normalized spacial score (nSPS) is 12.2. The SMILES string of the molecule is CC(C)OC(O[SiH2]c1ccc(-c2cc(F)cc(F)c2)cc1)OC(C)C. The fourth-order valence-electron chi connectivity index (χ4n) is 2.23. The molecule has 0 aliphatic rings. The Bertz CT molecular complexity index is 645. The van der Waals surface area contributed by atoms with Crippen molar-refractivity contribution in [1.82, 2.24) is 0 Å². The Hall–Kier alpha value is -1.60. The highest BCUT2D eigenvalue weighted by Gasteiger charge is 2.14. The lowest BCUT2D eigenvalue weighted by Gasteiger charge is -2.23. The van der Waals surface area contributed by atoms with Gasteiger partial charge in [0.2, 0.25) is 0 Å². The minimum absolute atomic E-state index is 0.00278. The average molecular weight is 366 g/mol. The van der Waals surface area contributed by atoms with Crippen LogP contribution < -0.4 is 5.19 Å². The Morgan fingerprint density at radius 2 is 1.28 bits per heavy atom. The zero-order valence-corrected chi connectivity index (χ0v) is 16.4. The van der Waals surface area contributed by atoms with Gasteiger partial charge < -0.3 is 13.9 Å². The van der Waals surface area contributed by atoms with E-state index >= 15 is 0 Å². The summed E-state index contributed by atoms with van der Waals surface area (Å²) >= 11 is 0. The van der Waals surface area contributed by atoms with Crippen LogP contribution in [-0.2, 0) is 13.9 Å². The minimum atomic E-state index is -1.05. The van der Waals surface area contributed by atoms with Gasteiger partial charge in [0.05, 0.1) is 12.2 Å². The second kappa shape index (κ2) is 9.19. The van der Waals surface area contributed by atoms with Gasteiger partial charge >= 0.3 is 0 Å². The first-order valence-electron chi connectivity index (χ1n) is 8.31. The first kappa shape index (κ1) is 19.7. The molecule has 0 N–H and O–H groups in total. The van der Waals surface area contributed by atoms with Crippen molar-refractivity contribution in [3.05, 3.63) is 54.1 Å². The van der Waals surface area contributed by atoms with Crippen LogP contribution in [0, 0.1) is 11.6 Å². The molecule has 0 fully saturated rings. The van der Waals surface area contributed by atoms with Gasteiger partial charge in [-0.1, -0.05) is 24.3 Å². The molecule has 6 heteroatoms. The average Bonchev–Trinajstić information content (AvgIpc) is 2.51. The van der Waals surface area contributed by atoms with Crippen molar-refractivity contribution in [2.24, 2.45) is 0 Å². The van der Waals surface area contributed by atoms with Gasteiger partial charge in [0.15, 0.2) is 9.76 Å². The van der Waals surface area contributed by atoms with E-state index in [1.807, 2.05) is 52.0 Å². The van der Waals surface area contributed by atoms with Crippen molar-refractivity contribution in [2.75, 3.05) is 0 Å². The largest absolute Gasteiger partial charge is 0.373 e. The molecule has 0 spiro atoms. The summed E-state index contributed by atoms with van der Waals surface area (Å²) in [5, 5.41) is 1.05. The van der Waals surface area contributed by atoms with Crippen LogP contribution in [0.15, 0.2) is 42.5 Å². The van der Waals surface area contributed by atoms with Crippen molar-refractivity contribution >= 4 is 14.9 Å². The van der Waals surface area contributed by atoms with E-state index < -0.39 is 27.9 Å². The molecule has 3 nitrogen and oxygen atoms in total. The molecule has 0 bridgehead atoms.